The third-order valence-electron chi connectivity index (χ3n) is 3.48. The molecule has 1 heterocycles. The molecule has 2 rings (SSSR count). The number of hydrogen-bond donors (Lipinski definition) is 0. The summed E-state index contributed by atoms with van der Waals surface area (Å²) in [6, 6.07) is 6.39. The fourth-order valence-electron chi connectivity index (χ4n) is 2.38. The lowest BCUT2D eigenvalue weighted by Crippen LogP contribution is -2.27. The van der Waals surface area contributed by atoms with E-state index in [2.05, 4.69) is 0 Å². The van der Waals surface area contributed by atoms with Gasteiger partial charge in [-0.1, -0.05) is 0 Å². The zero-order valence-electron chi connectivity index (χ0n) is 11.3. The molecule has 2 atom stereocenters. The van der Waals surface area contributed by atoms with Gasteiger partial charge in [-0.25, -0.2) is 0 Å². The Hall–Kier alpha value is -2.17. The Morgan fingerprint density at radius 1 is 1.35 bits per heavy atom. The van der Waals surface area contributed by atoms with Crippen molar-refractivity contribution >= 4 is 11.4 Å². The zero-order chi connectivity index (χ0) is 14.7. The molecule has 1 aliphatic heterocycles. The van der Waals surface area contributed by atoms with Gasteiger partial charge in [-0.15, -0.1) is 0 Å². The van der Waals surface area contributed by atoms with Crippen LogP contribution in [0.15, 0.2) is 18.2 Å². The molecule has 1 aromatic rings. The highest BCUT2D eigenvalue weighted by molar-refractivity contribution is 5.60. The Morgan fingerprint density at radius 3 is 2.40 bits per heavy atom. The number of benzene rings is 1. The van der Waals surface area contributed by atoms with Crippen LogP contribution in [0.25, 0.3) is 0 Å². The molecule has 0 aromatic heterocycles. The van der Waals surface area contributed by atoms with E-state index in [1.54, 1.807) is 20.3 Å². The van der Waals surface area contributed by atoms with Crippen molar-refractivity contribution in [1.29, 1.82) is 5.26 Å². The average Bonchev–Trinajstić information content (AvgIpc) is 2.89. The number of hydrogen-bond acceptors (Lipinski definition) is 6. The predicted octanol–water partition coefficient (Wildman–Crippen LogP) is 1.32. The van der Waals surface area contributed by atoms with Gasteiger partial charge in [0, 0.05) is 39.1 Å². The van der Waals surface area contributed by atoms with Crippen molar-refractivity contribution in [3.8, 4) is 6.07 Å². The second-order valence-electron chi connectivity index (χ2n) is 4.52. The summed E-state index contributed by atoms with van der Waals surface area (Å²) in [5.74, 6) is 0. The summed E-state index contributed by atoms with van der Waals surface area (Å²) < 4.78 is 10.7. The maximum atomic E-state index is 10.8. The van der Waals surface area contributed by atoms with Gasteiger partial charge in [-0.3, -0.25) is 10.1 Å². The molecule has 0 N–H and O–H groups in total. The first kappa shape index (κ1) is 14.2. The molecule has 0 radical (unpaired) electrons. The summed E-state index contributed by atoms with van der Waals surface area (Å²) >= 11 is 0. The van der Waals surface area contributed by atoms with E-state index in [1.807, 2.05) is 11.0 Å². The maximum Gasteiger partial charge on any atom is 0.287 e. The molecule has 20 heavy (non-hydrogen) atoms. The molecule has 1 aliphatic rings. The van der Waals surface area contributed by atoms with Gasteiger partial charge in [0.2, 0.25) is 0 Å². The van der Waals surface area contributed by atoms with Crippen molar-refractivity contribution in [1.82, 2.24) is 0 Å². The summed E-state index contributed by atoms with van der Waals surface area (Å²) in [7, 11) is 3.24. The van der Waals surface area contributed by atoms with Crippen LogP contribution in [-0.2, 0) is 9.47 Å². The molecule has 0 saturated carbocycles. The number of nitro benzene ring substituents is 1. The summed E-state index contributed by atoms with van der Waals surface area (Å²) in [6.07, 6.45) is -0.110. The van der Waals surface area contributed by atoms with Crippen molar-refractivity contribution in [2.24, 2.45) is 0 Å². The summed E-state index contributed by atoms with van der Waals surface area (Å²) in [5.41, 5.74) is 0.637. The van der Waals surface area contributed by atoms with Crippen LogP contribution in [0.4, 0.5) is 11.4 Å². The first-order chi connectivity index (χ1) is 9.60. The number of methoxy groups -OCH3 is 2. The molecule has 0 spiro atoms. The highest BCUT2D eigenvalue weighted by atomic mass is 16.6. The molecule has 2 unspecified atom stereocenters. The van der Waals surface area contributed by atoms with Crippen LogP contribution >= 0.6 is 0 Å². The standard InChI is InChI=1S/C13H15N3O4/c1-19-12-7-15(8-13(12)20-2)10-3-4-11(16(17)18)9(5-10)6-14/h3-5,12-13H,7-8H2,1-2H3. The van der Waals surface area contributed by atoms with Crippen LogP contribution in [0, 0.1) is 21.4 Å². The Labute approximate surface area is 116 Å². The van der Waals surface area contributed by atoms with Crippen LogP contribution < -0.4 is 4.90 Å². The number of nitrogens with zero attached hydrogens (tertiary/aromatic N) is 3. The predicted molar refractivity (Wildman–Crippen MR) is 71.6 cm³/mol. The van der Waals surface area contributed by atoms with E-state index in [-0.39, 0.29) is 23.5 Å². The maximum absolute atomic E-state index is 10.8. The molecule has 0 amide bonds. The first-order valence-corrected chi connectivity index (χ1v) is 6.09. The summed E-state index contributed by atoms with van der Waals surface area (Å²) in [5, 5.41) is 19.8. The molecule has 106 valence electrons. The molecule has 0 bridgehead atoms. The van der Waals surface area contributed by atoms with E-state index in [0.717, 1.165) is 5.69 Å². The monoisotopic (exact) mass is 277 g/mol. The third kappa shape index (κ3) is 2.57. The van der Waals surface area contributed by atoms with E-state index >= 15 is 0 Å². The van der Waals surface area contributed by atoms with Gasteiger partial charge in [0.1, 0.15) is 23.8 Å². The first-order valence-electron chi connectivity index (χ1n) is 6.09. The minimum absolute atomic E-state index is 0.0549. The molecule has 7 nitrogen and oxygen atoms in total. The molecule has 1 fully saturated rings. The SMILES string of the molecule is COC1CN(c2ccc([N+](=O)[O-])c(C#N)c2)CC1OC. The van der Waals surface area contributed by atoms with Crippen molar-refractivity contribution < 1.29 is 14.4 Å². The number of nitriles is 1. The molecular formula is C13H15N3O4. The number of anilines is 1. The summed E-state index contributed by atoms with van der Waals surface area (Å²) in [4.78, 5) is 12.3. The van der Waals surface area contributed by atoms with Gasteiger partial charge in [-0.2, -0.15) is 5.26 Å². The second-order valence-corrected chi connectivity index (χ2v) is 4.52. The van der Waals surface area contributed by atoms with Crippen LogP contribution in [-0.4, -0.2) is 44.4 Å². The van der Waals surface area contributed by atoms with Crippen molar-refractivity contribution in [3.63, 3.8) is 0 Å². The fourth-order valence-corrected chi connectivity index (χ4v) is 2.38. The van der Waals surface area contributed by atoms with Gasteiger partial charge >= 0.3 is 0 Å². The van der Waals surface area contributed by atoms with Crippen molar-refractivity contribution in [3.05, 3.63) is 33.9 Å². The lowest BCUT2D eigenvalue weighted by Gasteiger charge is -2.18. The Morgan fingerprint density at radius 2 is 1.95 bits per heavy atom. The highest BCUT2D eigenvalue weighted by Crippen LogP contribution is 2.28. The van der Waals surface area contributed by atoms with E-state index < -0.39 is 4.92 Å². The minimum atomic E-state index is -0.553. The third-order valence-corrected chi connectivity index (χ3v) is 3.48. The van der Waals surface area contributed by atoms with Crippen LogP contribution in [0.3, 0.4) is 0 Å². The van der Waals surface area contributed by atoms with Crippen LogP contribution in [0.1, 0.15) is 5.56 Å². The average molecular weight is 277 g/mol. The van der Waals surface area contributed by atoms with Gasteiger partial charge < -0.3 is 14.4 Å². The van der Waals surface area contributed by atoms with Crippen molar-refractivity contribution in [2.45, 2.75) is 12.2 Å². The van der Waals surface area contributed by atoms with Crippen LogP contribution in [0.2, 0.25) is 0 Å². The van der Waals surface area contributed by atoms with Crippen molar-refractivity contribution in [2.75, 3.05) is 32.2 Å². The smallest absolute Gasteiger partial charge is 0.287 e. The van der Waals surface area contributed by atoms with E-state index in [9.17, 15) is 10.1 Å². The van der Waals surface area contributed by atoms with Gasteiger partial charge in [0.15, 0.2) is 0 Å². The number of nitro groups is 1. The molecule has 1 aromatic carbocycles. The molecule has 7 heteroatoms. The van der Waals surface area contributed by atoms with E-state index in [1.165, 1.54) is 12.1 Å². The zero-order valence-corrected chi connectivity index (χ0v) is 11.3. The molecular weight excluding hydrogens is 262 g/mol. The fraction of sp³-hybridized carbons (Fsp3) is 0.462. The molecule has 0 aliphatic carbocycles. The highest BCUT2D eigenvalue weighted by Gasteiger charge is 2.33. The van der Waals surface area contributed by atoms with Gasteiger partial charge in [0.25, 0.3) is 5.69 Å². The lowest BCUT2D eigenvalue weighted by atomic mass is 10.1. The Bertz CT molecular complexity index is 543. The minimum Gasteiger partial charge on any atom is -0.377 e. The Balaban J connectivity index is 2.27. The van der Waals surface area contributed by atoms with Gasteiger partial charge in [0.05, 0.1) is 4.92 Å². The summed E-state index contributed by atoms with van der Waals surface area (Å²) in [6.45, 7) is 1.25. The quantitative estimate of drug-likeness (QED) is 0.609. The lowest BCUT2D eigenvalue weighted by molar-refractivity contribution is -0.385. The van der Waals surface area contributed by atoms with E-state index in [4.69, 9.17) is 14.7 Å². The number of ether oxygens (including phenoxy) is 2. The molecule has 1 saturated heterocycles. The topological polar surface area (TPSA) is 88.6 Å². The van der Waals surface area contributed by atoms with Gasteiger partial charge in [-0.05, 0) is 12.1 Å². The normalized spacial score (nSPS) is 21.8. The largest absolute Gasteiger partial charge is 0.377 e. The Kier molecular flexibility index (Phi) is 4.17. The second kappa shape index (κ2) is 5.86. The van der Waals surface area contributed by atoms with E-state index in [0.29, 0.717) is 13.1 Å². The number of rotatable bonds is 4. The van der Waals surface area contributed by atoms with Crippen LogP contribution in [0.5, 0.6) is 0 Å².